The Hall–Kier alpha value is -1.54. The summed E-state index contributed by atoms with van der Waals surface area (Å²) in [6.45, 7) is 15.1. The Kier molecular flexibility index (Phi) is 5.10. The summed E-state index contributed by atoms with van der Waals surface area (Å²) in [5.74, 6) is 0. The number of likely N-dealkylation sites (tertiary alicyclic amines) is 1. The molecule has 2 aliphatic rings. The maximum absolute atomic E-state index is 12.4. The monoisotopic (exact) mass is 377 g/mol. The van der Waals surface area contributed by atoms with Crippen molar-refractivity contribution in [3.63, 3.8) is 0 Å². The lowest BCUT2D eigenvalue weighted by atomic mass is 9.82. The molecule has 2 aliphatic heterocycles. The Labute approximate surface area is 162 Å². The summed E-state index contributed by atoms with van der Waals surface area (Å²) in [7, 11) is -0.422. The highest BCUT2D eigenvalue weighted by molar-refractivity contribution is 6.62. The van der Waals surface area contributed by atoms with Gasteiger partial charge in [-0.15, -0.1) is 0 Å². The van der Waals surface area contributed by atoms with E-state index in [0.29, 0.717) is 6.54 Å². The average molecular weight is 377 g/mol. The minimum Gasteiger partial charge on any atom is -0.444 e. The maximum Gasteiger partial charge on any atom is 0.498 e. The molecule has 1 aromatic heterocycles. The predicted molar refractivity (Wildman–Crippen MR) is 104 cm³/mol. The minimum atomic E-state index is -0.486. The van der Waals surface area contributed by atoms with Crippen molar-refractivity contribution < 1.29 is 18.8 Å². The number of amides is 1. The number of nitrogens with zero attached hydrogens (tertiary/aromatic N) is 3. The van der Waals surface area contributed by atoms with Crippen LogP contribution in [0.4, 0.5) is 4.79 Å². The molecule has 3 heterocycles. The van der Waals surface area contributed by atoms with E-state index in [1.165, 1.54) is 0 Å². The van der Waals surface area contributed by atoms with Crippen molar-refractivity contribution in [1.29, 1.82) is 0 Å². The van der Waals surface area contributed by atoms with Crippen molar-refractivity contribution in [2.75, 3.05) is 13.1 Å². The van der Waals surface area contributed by atoms with Gasteiger partial charge in [0.15, 0.2) is 0 Å². The molecule has 0 aliphatic carbocycles. The summed E-state index contributed by atoms with van der Waals surface area (Å²) < 4.78 is 19.6. The van der Waals surface area contributed by atoms with Crippen molar-refractivity contribution >= 4 is 18.7 Å². The highest BCUT2D eigenvalue weighted by Crippen LogP contribution is 2.36. The molecule has 0 spiro atoms. The van der Waals surface area contributed by atoms with Gasteiger partial charge in [0, 0.05) is 30.9 Å². The smallest absolute Gasteiger partial charge is 0.444 e. The zero-order valence-corrected chi connectivity index (χ0v) is 17.6. The number of aromatic nitrogens is 2. The van der Waals surface area contributed by atoms with Gasteiger partial charge in [-0.05, 0) is 61.3 Å². The van der Waals surface area contributed by atoms with Gasteiger partial charge in [0.1, 0.15) is 5.60 Å². The lowest BCUT2D eigenvalue weighted by Gasteiger charge is -2.34. The van der Waals surface area contributed by atoms with Crippen LogP contribution in [0.25, 0.3) is 0 Å². The van der Waals surface area contributed by atoms with Crippen molar-refractivity contribution in [3.05, 3.63) is 12.4 Å². The molecule has 3 rings (SSSR count). The first kappa shape index (κ1) is 20.2. The van der Waals surface area contributed by atoms with E-state index >= 15 is 0 Å². The molecular weight excluding hydrogens is 345 g/mol. The lowest BCUT2D eigenvalue weighted by molar-refractivity contribution is 0.00578. The third kappa shape index (κ3) is 4.32. The average Bonchev–Trinajstić information content (AvgIpc) is 3.09. The van der Waals surface area contributed by atoms with E-state index in [4.69, 9.17) is 14.0 Å². The van der Waals surface area contributed by atoms with E-state index in [0.717, 1.165) is 24.8 Å². The third-order valence-corrected chi connectivity index (χ3v) is 5.57. The van der Waals surface area contributed by atoms with Gasteiger partial charge in [-0.1, -0.05) is 0 Å². The molecule has 0 saturated carbocycles. The Bertz CT molecular complexity index is 679. The molecule has 2 saturated heterocycles. The number of hydrogen-bond acceptors (Lipinski definition) is 5. The van der Waals surface area contributed by atoms with E-state index in [-0.39, 0.29) is 23.3 Å². The van der Waals surface area contributed by atoms with Crippen LogP contribution in [0.5, 0.6) is 0 Å². The maximum atomic E-state index is 12.4. The predicted octanol–water partition coefficient (Wildman–Crippen LogP) is 2.75. The molecule has 150 valence electrons. The van der Waals surface area contributed by atoms with Crippen LogP contribution in [0.15, 0.2) is 12.4 Å². The molecule has 7 nitrogen and oxygen atoms in total. The molecule has 0 bridgehead atoms. The molecule has 8 heteroatoms. The van der Waals surface area contributed by atoms with Crippen LogP contribution in [0, 0.1) is 0 Å². The molecule has 0 N–H and O–H groups in total. The SMILES string of the molecule is CC(C)(C)OC(=O)N1CCCC(n2cc(B3OC(C)(C)C(C)(C)O3)cn2)C1. The summed E-state index contributed by atoms with van der Waals surface area (Å²) in [6.07, 6.45) is 5.42. The second kappa shape index (κ2) is 6.81. The summed E-state index contributed by atoms with van der Waals surface area (Å²) in [5, 5.41) is 4.53. The fourth-order valence-corrected chi connectivity index (χ4v) is 3.32. The zero-order valence-electron chi connectivity index (χ0n) is 17.6. The van der Waals surface area contributed by atoms with Crippen LogP contribution in [-0.2, 0) is 14.0 Å². The molecule has 1 aromatic rings. The summed E-state index contributed by atoms with van der Waals surface area (Å²) in [5.41, 5.74) is -0.335. The quantitative estimate of drug-likeness (QED) is 0.742. The molecule has 0 radical (unpaired) electrons. The van der Waals surface area contributed by atoms with Gasteiger partial charge in [-0.2, -0.15) is 5.10 Å². The largest absolute Gasteiger partial charge is 0.498 e. The zero-order chi connectivity index (χ0) is 20.0. The van der Waals surface area contributed by atoms with Crippen molar-refractivity contribution in [1.82, 2.24) is 14.7 Å². The Balaban J connectivity index is 1.67. The van der Waals surface area contributed by atoms with E-state index < -0.39 is 12.7 Å². The second-order valence-electron chi connectivity index (χ2n) is 9.56. The van der Waals surface area contributed by atoms with Crippen LogP contribution >= 0.6 is 0 Å². The van der Waals surface area contributed by atoms with Crippen molar-refractivity contribution in [2.45, 2.75) is 84.2 Å². The molecule has 0 aromatic carbocycles. The van der Waals surface area contributed by atoms with Crippen LogP contribution in [0.2, 0.25) is 0 Å². The summed E-state index contributed by atoms with van der Waals surface area (Å²) >= 11 is 0. The standard InChI is InChI=1S/C19H32BN3O4/c1-17(2,3)25-16(24)22-10-8-9-15(13-22)23-12-14(11-21-23)20-26-18(4,5)19(6,7)27-20/h11-12,15H,8-10,13H2,1-7H3. The van der Waals surface area contributed by atoms with Gasteiger partial charge in [0.05, 0.1) is 17.2 Å². The highest BCUT2D eigenvalue weighted by Gasteiger charge is 2.52. The molecular formula is C19H32BN3O4. The number of hydrogen-bond donors (Lipinski definition) is 0. The van der Waals surface area contributed by atoms with Gasteiger partial charge in [-0.3, -0.25) is 4.68 Å². The number of piperidine rings is 1. The van der Waals surface area contributed by atoms with E-state index in [9.17, 15) is 4.79 Å². The Morgan fingerprint density at radius 1 is 1.26 bits per heavy atom. The number of ether oxygens (including phenoxy) is 1. The number of carbonyl (C=O) groups excluding carboxylic acids is 1. The summed E-state index contributed by atoms with van der Waals surface area (Å²) in [4.78, 5) is 14.2. The van der Waals surface area contributed by atoms with Crippen molar-refractivity contribution in [3.8, 4) is 0 Å². The molecule has 1 atom stereocenters. The van der Waals surface area contributed by atoms with Gasteiger partial charge >= 0.3 is 13.2 Å². The Morgan fingerprint density at radius 3 is 2.48 bits per heavy atom. The van der Waals surface area contributed by atoms with E-state index in [2.05, 4.69) is 5.10 Å². The summed E-state index contributed by atoms with van der Waals surface area (Å²) in [6, 6.07) is 0.127. The first-order chi connectivity index (χ1) is 12.4. The Morgan fingerprint density at radius 2 is 1.89 bits per heavy atom. The van der Waals surface area contributed by atoms with Gasteiger partial charge in [0.2, 0.25) is 0 Å². The molecule has 1 amide bonds. The lowest BCUT2D eigenvalue weighted by Crippen LogP contribution is -2.43. The van der Waals surface area contributed by atoms with Gasteiger partial charge in [-0.25, -0.2) is 4.79 Å². The number of rotatable bonds is 2. The normalized spacial score (nSPS) is 24.9. The number of carbonyl (C=O) groups is 1. The van der Waals surface area contributed by atoms with Crippen LogP contribution in [0.1, 0.15) is 67.3 Å². The van der Waals surface area contributed by atoms with Crippen LogP contribution in [-0.4, -0.2) is 57.8 Å². The molecule has 27 heavy (non-hydrogen) atoms. The molecule has 1 unspecified atom stereocenters. The van der Waals surface area contributed by atoms with Crippen LogP contribution < -0.4 is 5.46 Å². The van der Waals surface area contributed by atoms with Crippen LogP contribution in [0.3, 0.4) is 0 Å². The topological polar surface area (TPSA) is 65.8 Å². The highest BCUT2D eigenvalue weighted by atomic mass is 16.7. The van der Waals surface area contributed by atoms with Gasteiger partial charge < -0.3 is 18.9 Å². The third-order valence-electron chi connectivity index (χ3n) is 5.57. The van der Waals surface area contributed by atoms with E-state index in [1.54, 1.807) is 11.1 Å². The fraction of sp³-hybridized carbons (Fsp3) is 0.789. The first-order valence-corrected chi connectivity index (χ1v) is 9.76. The minimum absolute atomic E-state index is 0.127. The second-order valence-corrected chi connectivity index (χ2v) is 9.56. The fourth-order valence-electron chi connectivity index (χ4n) is 3.32. The van der Waals surface area contributed by atoms with Crippen molar-refractivity contribution in [2.24, 2.45) is 0 Å². The molecule has 2 fully saturated rings. The van der Waals surface area contributed by atoms with E-state index in [1.807, 2.05) is 59.3 Å². The first-order valence-electron chi connectivity index (χ1n) is 9.76. The van der Waals surface area contributed by atoms with Gasteiger partial charge in [0.25, 0.3) is 0 Å².